The molecular weight excluding hydrogens is 358 g/mol. The fraction of sp³-hybridized carbons (Fsp3) is 0.526. The number of nitrogens with one attached hydrogen (secondary N) is 1. The van der Waals surface area contributed by atoms with Gasteiger partial charge in [0.1, 0.15) is 11.6 Å². The largest absolute Gasteiger partial charge is 0.466 e. The van der Waals surface area contributed by atoms with Crippen LogP contribution in [0, 0.1) is 17.6 Å². The monoisotopic (exact) mass is 382 g/mol. The van der Waals surface area contributed by atoms with Crippen LogP contribution >= 0.6 is 0 Å². The van der Waals surface area contributed by atoms with E-state index in [1.54, 1.807) is 11.8 Å². The second-order valence-electron chi connectivity index (χ2n) is 6.39. The first-order valence-corrected chi connectivity index (χ1v) is 9.10. The Morgan fingerprint density at radius 2 is 1.93 bits per heavy atom. The molecule has 1 aliphatic rings. The molecule has 27 heavy (non-hydrogen) atoms. The quantitative estimate of drug-likeness (QED) is 0.580. The summed E-state index contributed by atoms with van der Waals surface area (Å²) in [7, 11) is 0. The molecule has 6 nitrogen and oxygen atoms in total. The molecule has 2 rings (SSSR count). The van der Waals surface area contributed by atoms with E-state index in [2.05, 4.69) is 5.32 Å². The van der Waals surface area contributed by atoms with Gasteiger partial charge < -0.3 is 15.0 Å². The fourth-order valence-corrected chi connectivity index (χ4v) is 2.99. The average Bonchev–Trinajstić information content (AvgIpc) is 2.65. The van der Waals surface area contributed by atoms with E-state index in [0.29, 0.717) is 45.0 Å². The Morgan fingerprint density at radius 1 is 1.22 bits per heavy atom. The molecule has 148 valence electrons. The maximum absolute atomic E-state index is 13.5. The third kappa shape index (κ3) is 6.01. The number of likely N-dealkylation sites (tertiary alicyclic amines) is 1. The topological polar surface area (TPSA) is 75.7 Å². The SMILES string of the molecule is CCOC(=O)C1CCN(C(=O)CCCNC(=O)c2ccc(F)cc2F)CC1. The molecule has 0 radical (unpaired) electrons. The highest BCUT2D eigenvalue weighted by Crippen LogP contribution is 2.19. The van der Waals surface area contributed by atoms with Crippen molar-refractivity contribution in [2.75, 3.05) is 26.2 Å². The highest BCUT2D eigenvalue weighted by Gasteiger charge is 2.27. The van der Waals surface area contributed by atoms with Crippen molar-refractivity contribution in [2.24, 2.45) is 5.92 Å². The van der Waals surface area contributed by atoms with E-state index in [-0.39, 0.29) is 36.3 Å². The van der Waals surface area contributed by atoms with Gasteiger partial charge in [0.2, 0.25) is 5.91 Å². The van der Waals surface area contributed by atoms with Gasteiger partial charge >= 0.3 is 5.97 Å². The lowest BCUT2D eigenvalue weighted by Gasteiger charge is -2.31. The molecule has 0 atom stereocenters. The minimum absolute atomic E-state index is 0.0421. The summed E-state index contributed by atoms with van der Waals surface area (Å²) in [6.07, 6.45) is 1.83. The van der Waals surface area contributed by atoms with Crippen molar-refractivity contribution in [2.45, 2.75) is 32.6 Å². The number of benzene rings is 1. The number of esters is 1. The number of amides is 2. The van der Waals surface area contributed by atoms with E-state index in [0.717, 1.165) is 12.1 Å². The molecule has 1 fully saturated rings. The molecule has 0 unspecified atom stereocenters. The van der Waals surface area contributed by atoms with E-state index >= 15 is 0 Å². The molecule has 0 aliphatic carbocycles. The Labute approximate surface area is 156 Å². The molecule has 0 bridgehead atoms. The lowest BCUT2D eigenvalue weighted by Crippen LogP contribution is -2.40. The van der Waals surface area contributed by atoms with E-state index in [9.17, 15) is 23.2 Å². The summed E-state index contributed by atoms with van der Waals surface area (Å²) in [4.78, 5) is 37.5. The minimum atomic E-state index is -0.923. The van der Waals surface area contributed by atoms with Crippen LogP contribution in [0.3, 0.4) is 0 Å². The first-order chi connectivity index (χ1) is 12.9. The second-order valence-corrected chi connectivity index (χ2v) is 6.39. The Morgan fingerprint density at radius 3 is 2.56 bits per heavy atom. The number of nitrogens with zero attached hydrogens (tertiary/aromatic N) is 1. The molecule has 2 amide bonds. The van der Waals surface area contributed by atoms with E-state index < -0.39 is 17.5 Å². The summed E-state index contributed by atoms with van der Waals surface area (Å²) in [5.74, 6) is -2.72. The summed E-state index contributed by atoms with van der Waals surface area (Å²) in [6.45, 7) is 3.34. The zero-order valence-corrected chi connectivity index (χ0v) is 15.3. The Balaban J connectivity index is 1.68. The first kappa shape index (κ1) is 20.8. The van der Waals surface area contributed by atoms with Crippen molar-refractivity contribution in [1.29, 1.82) is 0 Å². The number of hydrogen-bond donors (Lipinski definition) is 1. The molecular formula is C19H24F2N2O4. The van der Waals surface area contributed by atoms with Crippen LogP contribution in [-0.2, 0) is 14.3 Å². The molecule has 1 aromatic carbocycles. The molecule has 1 aliphatic heterocycles. The summed E-state index contributed by atoms with van der Waals surface area (Å²) < 4.78 is 31.4. The van der Waals surface area contributed by atoms with Crippen LogP contribution in [0.4, 0.5) is 8.78 Å². The average molecular weight is 382 g/mol. The highest BCUT2D eigenvalue weighted by atomic mass is 19.1. The van der Waals surface area contributed by atoms with Crippen LogP contribution in [0.15, 0.2) is 18.2 Å². The third-order valence-corrected chi connectivity index (χ3v) is 4.50. The zero-order valence-electron chi connectivity index (χ0n) is 15.3. The van der Waals surface area contributed by atoms with Gasteiger partial charge in [0.15, 0.2) is 0 Å². The molecule has 1 N–H and O–H groups in total. The van der Waals surface area contributed by atoms with Crippen molar-refractivity contribution >= 4 is 17.8 Å². The molecule has 8 heteroatoms. The maximum atomic E-state index is 13.5. The summed E-state index contributed by atoms with van der Waals surface area (Å²) in [5, 5.41) is 2.52. The maximum Gasteiger partial charge on any atom is 0.309 e. The molecule has 0 spiro atoms. The van der Waals surface area contributed by atoms with Gasteiger partial charge in [-0.3, -0.25) is 14.4 Å². The number of carbonyl (C=O) groups is 3. The molecule has 1 aromatic rings. The van der Waals surface area contributed by atoms with Crippen LogP contribution in [-0.4, -0.2) is 48.9 Å². The first-order valence-electron chi connectivity index (χ1n) is 9.10. The Bertz CT molecular complexity index is 688. The smallest absolute Gasteiger partial charge is 0.309 e. The number of piperidine rings is 1. The summed E-state index contributed by atoms with van der Waals surface area (Å²) in [5.41, 5.74) is -0.233. The van der Waals surface area contributed by atoms with Crippen molar-refractivity contribution in [3.8, 4) is 0 Å². The molecule has 0 aromatic heterocycles. The minimum Gasteiger partial charge on any atom is -0.466 e. The predicted octanol–water partition coefficient (Wildman–Crippen LogP) is 2.28. The lowest BCUT2D eigenvalue weighted by atomic mass is 9.97. The summed E-state index contributed by atoms with van der Waals surface area (Å²) in [6, 6.07) is 2.75. The van der Waals surface area contributed by atoms with Gasteiger partial charge in [-0.05, 0) is 38.3 Å². The van der Waals surface area contributed by atoms with Crippen molar-refractivity contribution in [1.82, 2.24) is 10.2 Å². The van der Waals surface area contributed by atoms with Crippen molar-refractivity contribution in [3.05, 3.63) is 35.4 Å². The van der Waals surface area contributed by atoms with Gasteiger partial charge in [-0.15, -0.1) is 0 Å². The Hall–Kier alpha value is -2.51. The predicted molar refractivity (Wildman–Crippen MR) is 93.9 cm³/mol. The van der Waals surface area contributed by atoms with Crippen LogP contribution in [0.1, 0.15) is 43.0 Å². The summed E-state index contributed by atoms with van der Waals surface area (Å²) >= 11 is 0. The molecule has 1 saturated heterocycles. The normalized spacial score (nSPS) is 14.7. The van der Waals surface area contributed by atoms with Gasteiger partial charge in [0.05, 0.1) is 18.1 Å². The van der Waals surface area contributed by atoms with Crippen LogP contribution in [0.5, 0.6) is 0 Å². The van der Waals surface area contributed by atoms with Crippen LogP contribution < -0.4 is 5.32 Å². The molecule has 1 heterocycles. The lowest BCUT2D eigenvalue weighted by molar-refractivity contribution is -0.151. The van der Waals surface area contributed by atoms with Crippen molar-refractivity contribution in [3.63, 3.8) is 0 Å². The third-order valence-electron chi connectivity index (χ3n) is 4.50. The van der Waals surface area contributed by atoms with Gasteiger partial charge in [0.25, 0.3) is 5.91 Å². The fourth-order valence-electron chi connectivity index (χ4n) is 2.99. The standard InChI is InChI=1S/C19H24F2N2O4/c1-2-27-19(26)13-7-10-23(11-8-13)17(24)4-3-9-22-18(25)15-6-5-14(20)12-16(15)21/h5-6,12-13H,2-4,7-11H2,1H3,(H,22,25). The van der Waals surface area contributed by atoms with Gasteiger partial charge in [-0.2, -0.15) is 0 Å². The number of ether oxygens (including phenoxy) is 1. The van der Waals surface area contributed by atoms with Crippen LogP contribution in [0.2, 0.25) is 0 Å². The highest BCUT2D eigenvalue weighted by molar-refractivity contribution is 5.94. The van der Waals surface area contributed by atoms with Gasteiger partial charge in [0, 0.05) is 32.1 Å². The van der Waals surface area contributed by atoms with Crippen molar-refractivity contribution < 1.29 is 27.9 Å². The second kappa shape index (κ2) is 9.99. The number of halogens is 2. The Kier molecular flexibility index (Phi) is 7.69. The van der Waals surface area contributed by atoms with Gasteiger partial charge in [-0.25, -0.2) is 8.78 Å². The number of carbonyl (C=O) groups excluding carboxylic acids is 3. The van der Waals surface area contributed by atoms with E-state index in [4.69, 9.17) is 4.74 Å². The number of hydrogen-bond acceptors (Lipinski definition) is 4. The van der Waals surface area contributed by atoms with E-state index in [1.807, 2.05) is 0 Å². The number of rotatable bonds is 7. The van der Waals surface area contributed by atoms with E-state index in [1.165, 1.54) is 0 Å². The van der Waals surface area contributed by atoms with Crippen LogP contribution in [0.25, 0.3) is 0 Å². The van der Waals surface area contributed by atoms with Gasteiger partial charge in [-0.1, -0.05) is 0 Å². The molecule has 0 saturated carbocycles. The zero-order chi connectivity index (χ0) is 19.8.